The Morgan fingerprint density at radius 2 is 2.03 bits per heavy atom. The van der Waals surface area contributed by atoms with Gasteiger partial charge in [-0.1, -0.05) is 11.3 Å². The number of thiazole rings is 2. The normalized spacial score (nSPS) is 24.0. The Morgan fingerprint density at radius 3 is 2.76 bits per heavy atom. The van der Waals surface area contributed by atoms with Crippen LogP contribution in [0.25, 0.3) is 0 Å². The number of aromatic nitrogens is 2. The van der Waals surface area contributed by atoms with E-state index in [0.29, 0.717) is 25.7 Å². The summed E-state index contributed by atoms with van der Waals surface area (Å²) >= 11 is 3.34. The van der Waals surface area contributed by atoms with Crippen LogP contribution in [0.4, 0.5) is 0 Å². The van der Waals surface area contributed by atoms with Gasteiger partial charge >= 0.3 is 0 Å². The number of fused-ring (bicyclic) bond motifs is 1. The number of amides is 1. The van der Waals surface area contributed by atoms with E-state index in [1.165, 1.54) is 36.4 Å². The predicted octanol–water partition coefficient (Wildman–Crippen LogP) is 3.39. The fourth-order valence-corrected chi connectivity index (χ4v) is 6.77. The van der Waals surface area contributed by atoms with E-state index in [1.54, 1.807) is 22.7 Å². The fraction of sp³-hybridized carbons (Fsp3) is 0.708. The van der Waals surface area contributed by atoms with E-state index in [2.05, 4.69) is 15.2 Å². The van der Waals surface area contributed by atoms with Gasteiger partial charge < -0.3 is 19.7 Å². The molecule has 1 saturated carbocycles. The quantitative estimate of drug-likeness (QED) is 0.611. The molecule has 2 aliphatic heterocycles. The molecule has 1 amide bonds. The van der Waals surface area contributed by atoms with Gasteiger partial charge in [-0.05, 0) is 57.9 Å². The number of hydrogen-bond donors (Lipinski definition) is 1. The number of carbonyl (C=O) groups is 1. The van der Waals surface area contributed by atoms with Crippen molar-refractivity contribution in [2.24, 2.45) is 5.92 Å². The minimum absolute atomic E-state index is 0.141. The topological polar surface area (TPSA) is 76.6 Å². The molecule has 0 unspecified atom stereocenters. The van der Waals surface area contributed by atoms with Gasteiger partial charge in [-0.25, -0.2) is 9.97 Å². The average molecular weight is 491 g/mol. The summed E-state index contributed by atoms with van der Waals surface area (Å²) in [7, 11) is 0. The first-order valence-corrected chi connectivity index (χ1v) is 13.9. The van der Waals surface area contributed by atoms with Crippen LogP contribution in [0.15, 0.2) is 6.20 Å². The lowest BCUT2D eigenvalue weighted by Gasteiger charge is -2.30. The molecule has 1 saturated heterocycles. The van der Waals surface area contributed by atoms with Crippen LogP contribution in [0.5, 0.6) is 5.19 Å². The molecule has 2 aromatic heterocycles. The van der Waals surface area contributed by atoms with Crippen molar-refractivity contribution >= 4 is 28.6 Å². The maximum atomic E-state index is 12.3. The summed E-state index contributed by atoms with van der Waals surface area (Å²) in [5.41, 5.74) is 1.24. The zero-order chi connectivity index (χ0) is 22.6. The second-order valence-electron chi connectivity index (χ2n) is 9.56. The molecule has 0 spiro atoms. The molecule has 3 aliphatic rings. The number of hydrogen-bond acceptors (Lipinski definition) is 8. The number of aryl methyl sites for hydroxylation is 1. The summed E-state index contributed by atoms with van der Waals surface area (Å²) in [4.78, 5) is 26.4. The summed E-state index contributed by atoms with van der Waals surface area (Å²) in [5, 5.41) is 5.10. The van der Waals surface area contributed by atoms with Gasteiger partial charge in [0.15, 0.2) is 0 Å². The molecule has 180 valence electrons. The van der Waals surface area contributed by atoms with E-state index in [4.69, 9.17) is 14.5 Å². The Labute approximate surface area is 203 Å². The van der Waals surface area contributed by atoms with Gasteiger partial charge in [-0.15, -0.1) is 11.3 Å². The van der Waals surface area contributed by atoms with Crippen LogP contribution in [0.2, 0.25) is 0 Å². The number of carbonyl (C=O) groups excluding carboxylic acids is 1. The van der Waals surface area contributed by atoms with Crippen molar-refractivity contribution < 1.29 is 14.3 Å². The molecule has 2 aromatic rings. The second-order valence-corrected chi connectivity index (χ2v) is 11.9. The van der Waals surface area contributed by atoms with Crippen molar-refractivity contribution in [3.8, 4) is 5.19 Å². The van der Waals surface area contributed by atoms with Crippen LogP contribution in [0, 0.1) is 12.8 Å². The van der Waals surface area contributed by atoms with E-state index in [1.807, 2.05) is 13.1 Å². The van der Waals surface area contributed by atoms with Gasteiger partial charge in [0, 0.05) is 41.5 Å². The number of nitrogens with zero attached hydrogens (tertiary/aromatic N) is 3. The summed E-state index contributed by atoms with van der Waals surface area (Å²) < 4.78 is 11.1. The Morgan fingerprint density at radius 1 is 1.21 bits per heavy atom. The highest BCUT2D eigenvalue weighted by molar-refractivity contribution is 7.13. The van der Waals surface area contributed by atoms with Crippen LogP contribution >= 0.6 is 22.7 Å². The maximum absolute atomic E-state index is 12.3. The number of rotatable bonds is 8. The smallest absolute Gasteiger partial charge is 0.274 e. The van der Waals surface area contributed by atoms with Gasteiger partial charge in [0.1, 0.15) is 6.10 Å². The standard InChI is InChI=1S/C24H34N4O3S2/c1-16-25-13-20(32-16)12-23(29)26-18-4-2-17(3-5-18)6-9-28-10-7-21-22(8-11-28)33-24(27-21)31-19-14-30-15-19/h13,17-19H,2-12,14-15H2,1H3,(H,26,29)/t17-,18-. The highest BCUT2D eigenvalue weighted by atomic mass is 32.1. The first-order valence-electron chi connectivity index (χ1n) is 12.3. The highest BCUT2D eigenvalue weighted by Gasteiger charge is 2.26. The first kappa shape index (κ1) is 23.2. The molecule has 7 nitrogen and oxygen atoms in total. The lowest BCUT2D eigenvalue weighted by Crippen LogP contribution is -2.39. The predicted molar refractivity (Wildman–Crippen MR) is 130 cm³/mol. The van der Waals surface area contributed by atoms with Crippen molar-refractivity contribution in [1.29, 1.82) is 0 Å². The maximum Gasteiger partial charge on any atom is 0.274 e. The molecular weight excluding hydrogens is 456 g/mol. The minimum atomic E-state index is 0.141. The number of nitrogens with one attached hydrogen (secondary N) is 1. The molecule has 33 heavy (non-hydrogen) atoms. The second kappa shape index (κ2) is 10.8. The van der Waals surface area contributed by atoms with Crippen molar-refractivity contribution in [3.63, 3.8) is 0 Å². The fourth-order valence-electron chi connectivity index (χ4n) is 4.97. The summed E-state index contributed by atoms with van der Waals surface area (Å²) in [5.74, 6) is 0.921. The molecule has 0 atom stereocenters. The largest absolute Gasteiger partial charge is 0.462 e. The van der Waals surface area contributed by atoms with Crippen LogP contribution in [-0.4, -0.2) is 65.8 Å². The van der Waals surface area contributed by atoms with E-state index >= 15 is 0 Å². The van der Waals surface area contributed by atoms with E-state index < -0.39 is 0 Å². The molecule has 1 N–H and O–H groups in total. The van der Waals surface area contributed by atoms with E-state index in [0.717, 1.165) is 59.8 Å². The van der Waals surface area contributed by atoms with Gasteiger partial charge in [-0.3, -0.25) is 4.79 Å². The third-order valence-corrected chi connectivity index (χ3v) is 8.98. The highest BCUT2D eigenvalue weighted by Crippen LogP contribution is 2.31. The van der Waals surface area contributed by atoms with Crippen LogP contribution in [-0.2, 0) is 28.8 Å². The molecule has 1 aliphatic carbocycles. The van der Waals surface area contributed by atoms with E-state index in [9.17, 15) is 4.79 Å². The van der Waals surface area contributed by atoms with Gasteiger partial charge in [0.2, 0.25) is 5.91 Å². The Kier molecular flexibility index (Phi) is 7.59. The lowest BCUT2D eigenvalue weighted by atomic mass is 9.84. The van der Waals surface area contributed by atoms with Crippen LogP contribution in [0.1, 0.15) is 52.6 Å². The first-order chi connectivity index (χ1) is 16.1. The molecule has 9 heteroatoms. The molecule has 4 heterocycles. The van der Waals surface area contributed by atoms with Crippen LogP contribution < -0.4 is 10.1 Å². The minimum Gasteiger partial charge on any atom is -0.462 e. The lowest BCUT2D eigenvalue weighted by molar-refractivity contribution is -0.121. The third-order valence-electron chi connectivity index (χ3n) is 7.02. The van der Waals surface area contributed by atoms with Gasteiger partial charge in [0.05, 0.1) is 30.3 Å². The molecule has 5 rings (SSSR count). The Hall–Kier alpha value is -1.55. The van der Waals surface area contributed by atoms with Crippen LogP contribution in [0.3, 0.4) is 0 Å². The molecule has 0 aromatic carbocycles. The van der Waals surface area contributed by atoms with Gasteiger partial charge in [-0.2, -0.15) is 0 Å². The molecular formula is C24H34N4O3S2. The SMILES string of the molecule is Cc1ncc(CC(=O)N[C@H]2CC[C@H](CCN3CCc4nc(OC5COC5)sc4CC3)CC2)s1. The molecule has 0 bridgehead atoms. The number of ether oxygens (including phenoxy) is 2. The zero-order valence-corrected chi connectivity index (χ0v) is 21.0. The van der Waals surface area contributed by atoms with Crippen molar-refractivity contribution in [3.05, 3.63) is 26.7 Å². The van der Waals surface area contributed by atoms with Crippen molar-refractivity contribution in [2.75, 3.05) is 32.8 Å². The van der Waals surface area contributed by atoms with E-state index in [-0.39, 0.29) is 12.0 Å². The summed E-state index contributed by atoms with van der Waals surface area (Å²) in [6, 6.07) is 0.339. The monoisotopic (exact) mass is 490 g/mol. The summed E-state index contributed by atoms with van der Waals surface area (Å²) in [6.45, 7) is 6.74. The summed E-state index contributed by atoms with van der Waals surface area (Å²) in [6.07, 6.45) is 10.5. The van der Waals surface area contributed by atoms with Crippen molar-refractivity contribution in [2.45, 2.75) is 70.4 Å². The average Bonchev–Trinajstić information content (AvgIpc) is 3.31. The Bertz CT molecular complexity index is 909. The Balaban J connectivity index is 0.991. The zero-order valence-electron chi connectivity index (χ0n) is 19.4. The molecule has 0 radical (unpaired) electrons. The van der Waals surface area contributed by atoms with Crippen molar-refractivity contribution in [1.82, 2.24) is 20.2 Å². The molecule has 2 fully saturated rings. The third kappa shape index (κ3) is 6.32. The van der Waals surface area contributed by atoms with Gasteiger partial charge in [0.25, 0.3) is 5.19 Å².